The molecule has 0 saturated heterocycles. The van der Waals surface area contributed by atoms with Crippen molar-refractivity contribution in [3.8, 4) is 0 Å². The average molecular weight is 373 g/mol. The van der Waals surface area contributed by atoms with E-state index in [1.807, 2.05) is 6.07 Å². The molecule has 5 nitrogen and oxygen atoms in total. The van der Waals surface area contributed by atoms with Crippen LogP contribution in [0.3, 0.4) is 0 Å². The Morgan fingerprint density at radius 3 is 2.00 bits per heavy atom. The van der Waals surface area contributed by atoms with Crippen LogP contribution in [0.4, 0.5) is 5.69 Å². The zero-order valence-corrected chi connectivity index (χ0v) is 15.1. The Labute approximate surface area is 162 Å². The molecule has 28 heavy (non-hydrogen) atoms. The summed E-state index contributed by atoms with van der Waals surface area (Å²) in [7, 11) is 0. The largest absolute Gasteiger partial charge is 0.478 e. The highest BCUT2D eigenvalue weighted by molar-refractivity contribution is 6.05. The van der Waals surface area contributed by atoms with E-state index in [9.17, 15) is 19.5 Å². The molecule has 0 atom stereocenters. The Morgan fingerprint density at radius 2 is 1.29 bits per heavy atom. The summed E-state index contributed by atoms with van der Waals surface area (Å²) >= 11 is 0. The van der Waals surface area contributed by atoms with Gasteiger partial charge in [-0.25, -0.2) is 4.79 Å². The predicted molar refractivity (Wildman–Crippen MR) is 107 cm³/mol. The minimum atomic E-state index is -1.06. The van der Waals surface area contributed by atoms with Crippen LogP contribution in [-0.4, -0.2) is 22.8 Å². The molecule has 0 spiro atoms. The van der Waals surface area contributed by atoms with E-state index in [4.69, 9.17) is 0 Å². The van der Waals surface area contributed by atoms with E-state index in [0.717, 1.165) is 0 Å². The summed E-state index contributed by atoms with van der Waals surface area (Å²) in [5, 5.41) is 12.1. The van der Waals surface area contributed by atoms with Crippen molar-refractivity contribution in [1.82, 2.24) is 0 Å². The van der Waals surface area contributed by atoms with Gasteiger partial charge >= 0.3 is 5.97 Å². The first-order chi connectivity index (χ1) is 13.5. The topological polar surface area (TPSA) is 83.5 Å². The highest BCUT2D eigenvalue weighted by Gasteiger charge is 2.15. The van der Waals surface area contributed by atoms with Crippen molar-refractivity contribution in [2.75, 3.05) is 5.32 Å². The number of Topliss-reactive ketones (excluding diaryl/α,β-unsaturated/α-hetero) is 1. The van der Waals surface area contributed by atoms with Gasteiger partial charge in [-0.1, -0.05) is 54.6 Å². The van der Waals surface area contributed by atoms with Crippen LogP contribution in [0.25, 0.3) is 0 Å². The number of carboxylic acid groups (broad SMARTS) is 1. The predicted octanol–water partition coefficient (Wildman–Crippen LogP) is 3.99. The van der Waals surface area contributed by atoms with Gasteiger partial charge in [0.2, 0.25) is 0 Å². The van der Waals surface area contributed by atoms with E-state index < -0.39 is 5.97 Å². The number of ketones is 1. The van der Waals surface area contributed by atoms with Gasteiger partial charge < -0.3 is 10.4 Å². The molecule has 0 saturated carbocycles. The third-order valence-corrected chi connectivity index (χ3v) is 4.32. The minimum absolute atomic E-state index is 0.0173. The molecule has 0 aliphatic rings. The van der Waals surface area contributed by atoms with E-state index in [0.29, 0.717) is 22.4 Å². The number of benzene rings is 3. The van der Waals surface area contributed by atoms with Gasteiger partial charge in [0.15, 0.2) is 0 Å². The highest BCUT2D eigenvalue weighted by Crippen LogP contribution is 2.19. The highest BCUT2D eigenvalue weighted by atomic mass is 16.4. The summed E-state index contributed by atoms with van der Waals surface area (Å²) < 4.78 is 0. The molecule has 3 aromatic carbocycles. The smallest absolute Gasteiger partial charge is 0.335 e. The molecule has 0 aliphatic heterocycles. The first-order valence-corrected chi connectivity index (χ1v) is 8.82. The van der Waals surface area contributed by atoms with E-state index in [1.165, 1.54) is 6.07 Å². The number of nitrogens with one attached hydrogen (secondary N) is 1. The molecule has 5 heteroatoms. The number of rotatable bonds is 7. The number of carbonyl (C=O) groups is 3. The minimum Gasteiger partial charge on any atom is -0.478 e. The van der Waals surface area contributed by atoms with E-state index in [-0.39, 0.29) is 30.1 Å². The van der Waals surface area contributed by atoms with Gasteiger partial charge in [0.25, 0.3) is 5.91 Å². The number of aromatic carboxylic acids is 1. The lowest BCUT2D eigenvalue weighted by molar-refractivity contribution is -0.117. The zero-order chi connectivity index (χ0) is 19.9. The molecular formula is C23H19NO4. The average Bonchev–Trinajstić information content (AvgIpc) is 2.70. The maximum absolute atomic E-state index is 12.6. The molecule has 1 amide bonds. The van der Waals surface area contributed by atoms with Crippen LogP contribution >= 0.6 is 0 Å². The Hall–Kier alpha value is -3.73. The van der Waals surface area contributed by atoms with Gasteiger partial charge in [0.05, 0.1) is 5.56 Å². The first kappa shape index (κ1) is 19.0. The number of carbonyl (C=O) groups excluding carboxylic acids is 2. The van der Waals surface area contributed by atoms with Crippen LogP contribution in [0.2, 0.25) is 0 Å². The summed E-state index contributed by atoms with van der Waals surface area (Å²) in [4.78, 5) is 36.3. The fraction of sp³-hybridized carbons (Fsp3) is 0.0870. The quantitative estimate of drug-likeness (QED) is 0.656. The maximum atomic E-state index is 12.6. The summed E-state index contributed by atoms with van der Waals surface area (Å²) in [5.74, 6) is -1.44. The van der Waals surface area contributed by atoms with Gasteiger partial charge in [0, 0.05) is 24.1 Å². The van der Waals surface area contributed by atoms with Crippen LogP contribution in [0.15, 0.2) is 78.9 Å². The van der Waals surface area contributed by atoms with Crippen molar-refractivity contribution in [1.29, 1.82) is 0 Å². The maximum Gasteiger partial charge on any atom is 0.335 e. The second kappa shape index (κ2) is 8.77. The van der Waals surface area contributed by atoms with Gasteiger partial charge in [-0.05, 0) is 35.4 Å². The second-order valence-electron chi connectivity index (χ2n) is 6.33. The molecule has 140 valence electrons. The third-order valence-electron chi connectivity index (χ3n) is 4.32. The second-order valence-corrected chi connectivity index (χ2v) is 6.33. The van der Waals surface area contributed by atoms with Crippen molar-refractivity contribution in [2.24, 2.45) is 0 Å². The number of hydrogen-bond acceptors (Lipinski definition) is 3. The number of para-hydroxylation sites is 1. The standard InChI is InChI=1S/C23H19NO4/c25-19(14-17-10-4-6-12-20(17)23(27)28)15-18-11-5-7-13-21(18)24-22(26)16-8-2-1-3-9-16/h1-13H,14-15H2,(H,24,26)(H,27,28). The van der Waals surface area contributed by atoms with E-state index in [2.05, 4.69) is 5.32 Å². The zero-order valence-electron chi connectivity index (χ0n) is 15.1. The van der Waals surface area contributed by atoms with Crippen LogP contribution in [0.1, 0.15) is 31.8 Å². The van der Waals surface area contributed by atoms with Gasteiger partial charge in [0.1, 0.15) is 5.78 Å². The Bertz CT molecular complexity index is 1010. The summed E-state index contributed by atoms with van der Waals surface area (Å²) in [5.41, 5.74) is 2.38. The molecule has 0 unspecified atom stereocenters. The fourth-order valence-electron chi connectivity index (χ4n) is 2.95. The van der Waals surface area contributed by atoms with Gasteiger partial charge in [-0.3, -0.25) is 9.59 Å². The third kappa shape index (κ3) is 4.71. The number of hydrogen-bond donors (Lipinski definition) is 2. The van der Waals surface area contributed by atoms with Crippen LogP contribution in [-0.2, 0) is 17.6 Å². The summed E-state index contributed by atoms with van der Waals surface area (Å²) in [6, 6.07) is 22.4. The van der Waals surface area contributed by atoms with Crippen molar-refractivity contribution in [3.05, 3.63) is 101 Å². The van der Waals surface area contributed by atoms with Crippen molar-refractivity contribution in [3.63, 3.8) is 0 Å². The lowest BCUT2D eigenvalue weighted by Gasteiger charge is -2.11. The van der Waals surface area contributed by atoms with Gasteiger partial charge in [-0.2, -0.15) is 0 Å². The molecular weight excluding hydrogens is 354 g/mol. The Morgan fingerprint density at radius 1 is 0.714 bits per heavy atom. The van der Waals surface area contributed by atoms with E-state index >= 15 is 0 Å². The van der Waals surface area contributed by atoms with E-state index in [1.54, 1.807) is 66.7 Å². The van der Waals surface area contributed by atoms with Crippen molar-refractivity contribution in [2.45, 2.75) is 12.8 Å². The number of anilines is 1. The molecule has 0 aliphatic carbocycles. The van der Waals surface area contributed by atoms with Gasteiger partial charge in [-0.15, -0.1) is 0 Å². The first-order valence-electron chi connectivity index (χ1n) is 8.82. The van der Waals surface area contributed by atoms with Crippen LogP contribution in [0, 0.1) is 0 Å². The Balaban J connectivity index is 1.74. The molecule has 3 aromatic rings. The van der Waals surface area contributed by atoms with Crippen molar-refractivity contribution >= 4 is 23.3 Å². The lowest BCUT2D eigenvalue weighted by atomic mass is 9.98. The molecule has 0 radical (unpaired) electrons. The van der Waals surface area contributed by atoms with Crippen LogP contribution in [0.5, 0.6) is 0 Å². The fourth-order valence-corrected chi connectivity index (χ4v) is 2.95. The number of carboxylic acids is 1. The normalized spacial score (nSPS) is 10.3. The molecule has 0 aromatic heterocycles. The monoisotopic (exact) mass is 373 g/mol. The molecule has 2 N–H and O–H groups in total. The lowest BCUT2D eigenvalue weighted by Crippen LogP contribution is -2.15. The number of amides is 1. The Kier molecular flexibility index (Phi) is 5.97. The molecule has 3 rings (SSSR count). The summed E-state index contributed by atoms with van der Waals surface area (Å²) in [6.45, 7) is 0. The molecule has 0 fully saturated rings. The van der Waals surface area contributed by atoms with Crippen LogP contribution < -0.4 is 5.32 Å². The molecule has 0 bridgehead atoms. The SMILES string of the molecule is O=C(Cc1ccccc1NC(=O)c1ccccc1)Cc1ccccc1C(=O)O. The molecule has 0 heterocycles. The summed E-state index contributed by atoms with van der Waals surface area (Å²) in [6.07, 6.45) is 0.114. The van der Waals surface area contributed by atoms with Crippen molar-refractivity contribution < 1.29 is 19.5 Å².